The molecule has 1 aromatic carbocycles. The molecule has 4 N–H and O–H groups in total. The van der Waals surface area contributed by atoms with E-state index in [1.165, 1.54) is 0 Å². The van der Waals surface area contributed by atoms with E-state index in [4.69, 9.17) is 21.1 Å². The summed E-state index contributed by atoms with van der Waals surface area (Å²) in [6, 6.07) is 6.84. The highest BCUT2D eigenvalue weighted by atomic mass is 35.5. The highest BCUT2D eigenvalue weighted by molar-refractivity contribution is 6.30. The van der Waals surface area contributed by atoms with Crippen molar-refractivity contribution in [2.24, 2.45) is 11.8 Å². The van der Waals surface area contributed by atoms with Crippen molar-refractivity contribution in [2.75, 3.05) is 26.4 Å². The van der Waals surface area contributed by atoms with Crippen molar-refractivity contribution in [3.05, 3.63) is 63.7 Å². The van der Waals surface area contributed by atoms with Crippen LogP contribution in [-0.4, -0.2) is 77.0 Å². The third kappa shape index (κ3) is 13.2. The number of hydrogen-bond donors (Lipinski definition) is 4. The van der Waals surface area contributed by atoms with Gasteiger partial charge in [0.25, 0.3) is 5.09 Å². The molecule has 0 aromatic heterocycles. The third-order valence-electron chi connectivity index (χ3n) is 6.22. The fourth-order valence-corrected chi connectivity index (χ4v) is 4.38. The number of allylic oxidation sites excluding steroid dienone is 2. The lowest BCUT2D eigenvalue weighted by Gasteiger charge is -2.19. The van der Waals surface area contributed by atoms with Crippen LogP contribution in [0.25, 0.3) is 0 Å². The molecule has 40 heavy (non-hydrogen) atoms. The van der Waals surface area contributed by atoms with Crippen molar-refractivity contribution < 1.29 is 44.3 Å². The standard InChI is InChI=1S/C27H37ClN2O10/c28-19-7-5-8-21(15-19)39-18-20(31)11-12-23-22(24(32)16-25(23)33)9-3-1-2-4-10-26(34)29-17-27(35)38-13-6-14-40-30(36)37/h1,3,5,7-8,11-12,15,20,22-25,31-33H,2,4,6,9-10,13-14,16-18H2,(H,29,34)/t20-,22-,23-,24+,25-/m1/s1. The summed E-state index contributed by atoms with van der Waals surface area (Å²) in [5, 5.41) is 43.1. The smallest absolute Gasteiger partial charge is 0.325 e. The minimum absolute atomic E-state index is 0.0168. The second kappa shape index (κ2) is 18.2. The third-order valence-corrected chi connectivity index (χ3v) is 6.45. The van der Waals surface area contributed by atoms with Gasteiger partial charge in [-0.3, -0.25) is 9.59 Å². The molecule has 0 saturated heterocycles. The van der Waals surface area contributed by atoms with E-state index in [1.807, 2.05) is 12.2 Å². The zero-order valence-corrected chi connectivity index (χ0v) is 22.9. The Bertz CT molecular complexity index is 1010. The summed E-state index contributed by atoms with van der Waals surface area (Å²) >= 11 is 5.92. The minimum Gasteiger partial charge on any atom is -0.491 e. The molecule has 0 spiro atoms. The number of halogens is 1. The molecule has 1 aliphatic carbocycles. The summed E-state index contributed by atoms with van der Waals surface area (Å²) in [7, 11) is 0. The highest BCUT2D eigenvalue weighted by Gasteiger charge is 2.39. The van der Waals surface area contributed by atoms with Gasteiger partial charge in [0.15, 0.2) is 0 Å². The Labute approximate surface area is 237 Å². The maximum absolute atomic E-state index is 11.9. The zero-order valence-electron chi connectivity index (χ0n) is 22.1. The summed E-state index contributed by atoms with van der Waals surface area (Å²) < 4.78 is 10.4. The first-order valence-electron chi connectivity index (χ1n) is 13.1. The molecule has 1 fully saturated rings. The molecular weight excluding hydrogens is 548 g/mol. The van der Waals surface area contributed by atoms with E-state index in [-0.39, 0.29) is 63.4 Å². The van der Waals surface area contributed by atoms with Crippen LogP contribution in [0.4, 0.5) is 0 Å². The zero-order chi connectivity index (χ0) is 29.3. The van der Waals surface area contributed by atoms with Crippen LogP contribution in [0.2, 0.25) is 5.02 Å². The average Bonchev–Trinajstić information content (AvgIpc) is 3.18. The number of nitrogens with zero attached hydrogens (tertiary/aromatic N) is 1. The van der Waals surface area contributed by atoms with Crippen molar-refractivity contribution >= 4 is 23.5 Å². The Morgan fingerprint density at radius 1 is 1.20 bits per heavy atom. The number of rotatable bonds is 18. The molecule has 222 valence electrons. The quantitative estimate of drug-likeness (QED) is 0.0658. The van der Waals surface area contributed by atoms with Crippen molar-refractivity contribution in [2.45, 2.75) is 56.8 Å². The van der Waals surface area contributed by atoms with Crippen LogP contribution in [0, 0.1) is 22.0 Å². The Hall–Kier alpha value is -3.19. The van der Waals surface area contributed by atoms with Gasteiger partial charge in [-0.2, -0.15) is 0 Å². The fourth-order valence-electron chi connectivity index (χ4n) is 4.20. The molecule has 0 aliphatic heterocycles. The van der Waals surface area contributed by atoms with Gasteiger partial charge >= 0.3 is 5.97 Å². The first-order chi connectivity index (χ1) is 19.2. The maximum Gasteiger partial charge on any atom is 0.325 e. The lowest BCUT2D eigenvalue weighted by molar-refractivity contribution is -0.757. The summed E-state index contributed by atoms with van der Waals surface area (Å²) in [5.41, 5.74) is 0. The van der Waals surface area contributed by atoms with Crippen molar-refractivity contribution in [1.29, 1.82) is 0 Å². The van der Waals surface area contributed by atoms with Crippen molar-refractivity contribution in [3.8, 4) is 5.75 Å². The van der Waals surface area contributed by atoms with Gasteiger partial charge in [0.2, 0.25) is 5.91 Å². The molecule has 2 rings (SSSR count). The van der Waals surface area contributed by atoms with Gasteiger partial charge in [-0.25, -0.2) is 0 Å². The second-order valence-corrected chi connectivity index (χ2v) is 9.78. The summed E-state index contributed by atoms with van der Waals surface area (Å²) in [6.45, 7) is -0.496. The van der Waals surface area contributed by atoms with Crippen LogP contribution in [0.15, 0.2) is 48.6 Å². The number of carbonyl (C=O) groups is 2. The molecule has 0 radical (unpaired) electrons. The fraction of sp³-hybridized carbons (Fsp3) is 0.556. The first-order valence-corrected chi connectivity index (χ1v) is 13.5. The number of hydrogen-bond acceptors (Lipinski definition) is 10. The van der Waals surface area contributed by atoms with Gasteiger partial charge in [0.05, 0.1) is 25.4 Å². The molecule has 13 heteroatoms. The highest BCUT2D eigenvalue weighted by Crippen LogP contribution is 2.36. The molecule has 1 amide bonds. The lowest BCUT2D eigenvalue weighted by atomic mass is 9.89. The van der Waals surface area contributed by atoms with Crippen LogP contribution in [0.5, 0.6) is 5.75 Å². The number of amides is 1. The molecule has 1 aromatic rings. The molecule has 0 unspecified atom stereocenters. The van der Waals surface area contributed by atoms with Crippen LogP contribution < -0.4 is 10.1 Å². The number of esters is 1. The van der Waals surface area contributed by atoms with E-state index in [0.29, 0.717) is 30.0 Å². The van der Waals surface area contributed by atoms with E-state index in [9.17, 15) is 35.0 Å². The van der Waals surface area contributed by atoms with Crippen LogP contribution in [0.3, 0.4) is 0 Å². The predicted octanol–water partition coefficient (Wildman–Crippen LogP) is 2.37. The van der Waals surface area contributed by atoms with E-state index in [0.717, 1.165) is 0 Å². The summed E-state index contributed by atoms with van der Waals surface area (Å²) in [5.74, 6) is -0.957. The van der Waals surface area contributed by atoms with Gasteiger partial charge in [-0.1, -0.05) is 42.0 Å². The van der Waals surface area contributed by atoms with E-state index in [2.05, 4.69) is 10.2 Å². The second-order valence-electron chi connectivity index (χ2n) is 9.34. The van der Waals surface area contributed by atoms with E-state index >= 15 is 0 Å². The van der Waals surface area contributed by atoms with Gasteiger partial charge < -0.3 is 34.9 Å². The van der Waals surface area contributed by atoms with E-state index < -0.39 is 29.4 Å². The average molecular weight is 585 g/mol. The minimum atomic E-state index is -0.927. The van der Waals surface area contributed by atoms with Crippen molar-refractivity contribution in [3.63, 3.8) is 0 Å². The Morgan fingerprint density at radius 3 is 2.75 bits per heavy atom. The van der Waals surface area contributed by atoms with Crippen LogP contribution in [-0.2, 0) is 19.2 Å². The topological polar surface area (TPSA) is 178 Å². The molecule has 5 atom stereocenters. The number of ether oxygens (including phenoxy) is 2. The Morgan fingerprint density at radius 2 is 2.00 bits per heavy atom. The van der Waals surface area contributed by atoms with Gasteiger partial charge in [-0.05, 0) is 43.4 Å². The van der Waals surface area contributed by atoms with Gasteiger partial charge in [-0.15, -0.1) is 10.1 Å². The molecule has 12 nitrogen and oxygen atoms in total. The Balaban J connectivity index is 1.64. The summed E-state index contributed by atoms with van der Waals surface area (Å²) in [6.07, 6.45) is 7.09. The van der Waals surface area contributed by atoms with Gasteiger partial charge in [0, 0.05) is 30.2 Å². The first kappa shape index (κ1) is 33.0. The van der Waals surface area contributed by atoms with E-state index in [1.54, 1.807) is 36.4 Å². The molecule has 1 saturated carbocycles. The normalized spacial score (nSPS) is 21.4. The van der Waals surface area contributed by atoms with Crippen LogP contribution in [0.1, 0.15) is 38.5 Å². The number of benzene rings is 1. The van der Waals surface area contributed by atoms with Crippen molar-refractivity contribution in [1.82, 2.24) is 5.32 Å². The SMILES string of the molecule is O=C(CCCC=CC[C@@H]1[C@@H](C=C[C@@H](O)COc2cccc(Cl)c2)[C@H](O)C[C@@H]1O)NCC(=O)OCCCO[N+](=O)[O-]. The molecular formula is C27H37ClN2O10. The maximum atomic E-state index is 11.9. The Kier molecular flexibility index (Phi) is 15.0. The number of aliphatic hydroxyl groups is 3. The number of nitrogens with one attached hydrogen (secondary N) is 1. The largest absolute Gasteiger partial charge is 0.491 e. The summed E-state index contributed by atoms with van der Waals surface area (Å²) in [4.78, 5) is 37.6. The van der Waals surface area contributed by atoms with Crippen LogP contribution >= 0.6 is 11.6 Å². The number of unbranched alkanes of at least 4 members (excludes halogenated alkanes) is 1. The molecule has 0 heterocycles. The number of carbonyl (C=O) groups excluding carboxylic acids is 2. The lowest BCUT2D eigenvalue weighted by Crippen LogP contribution is -2.30. The predicted molar refractivity (Wildman–Crippen MR) is 145 cm³/mol. The monoisotopic (exact) mass is 584 g/mol. The number of aliphatic hydroxyl groups excluding tert-OH is 3. The molecule has 0 bridgehead atoms. The molecule has 1 aliphatic rings. The van der Waals surface area contributed by atoms with Gasteiger partial charge in [0.1, 0.15) is 25.0 Å².